The third-order valence-corrected chi connectivity index (χ3v) is 18.5. The zero-order chi connectivity index (χ0) is 67.9. The first-order valence-corrected chi connectivity index (χ1v) is 33.4. The molecule has 1 fully saturated rings. The fourth-order valence-corrected chi connectivity index (χ4v) is 14.0. The molecule has 0 unspecified atom stereocenters. The first kappa shape index (κ1) is 70.0. The van der Waals surface area contributed by atoms with Crippen LogP contribution in [0.4, 0.5) is 4.79 Å². The molecule has 7 aromatic carbocycles. The zero-order valence-corrected chi connectivity index (χ0v) is 55.9. The van der Waals surface area contributed by atoms with E-state index in [2.05, 4.69) is 76.7 Å². The highest BCUT2D eigenvalue weighted by atomic mass is 32.2. The highest BCUT2D eigenvalue weighted by molar-refractivity contribution is 8.00. The number of hydrogen-bond donors (Lipinski definition) is 6. The SMILES string of the molecule is Cc1ccc(C(NCCCC[C@H](N)C(=O)N[C@@H](CC(=O)OC(C)(C)C)C(=O)N[C@@H](CSC(c2ccccc2)(c2ccccc2)c2ccccc2)C(=O)N[C@@H](Cc2cn(C(=O)OC(C)(C)C)c3ccccc23)C(=O)N2CCC[C@H]2C(=O)O)(c2ccccc2)c2ccccc2)cc1. The summed E-state index contributed by atoms with van der Waals surface area (Å²) in [5, 5.41) is 23.5. The number of nitrogens with zero attached hydrogens (tertiary/aromatic N) is 2. The molecule has 0 radical (unpaired) electrons. The zero-order valence-electron chi connectivity index (χ0n) is 55.1. The molecule has 7 N–H and O–H groups in total. The number of carboxylic acid groups (broad SMARTS) is 1. The highest BCUT2D eigenvalue weighted by Crippen LogP contribution is 2.49. The van der Waals surface area contributed by atoms with Gasteiger partial charge in [-0.2, -0.15) is 0 Å². The molecule has 0 aliphatic carbocycles. The molecule has 1 saturated heterocycles. The fourth-order valence-electron chi connectivity index (χ4n) is 12.4. The van der Waals surface area contributed by atoms with Gasteiger partial charge in [0.1, 0.15) is 35.4 Å². The number of carboxylic acids is 1. The maximum absolute atomic E-state index is 15.8. The molecule has 0 saturated carbocycles. The molecule has 1 aliphatic rings. The number of benzene rings is 7. The first-order chi connectivity index (χ1) is 45.5. The van der Waals surface area contributed by atoms with Crippen LogP contribution in [0.2, 0.25) is 0 Å². The molecule has 1 aliphatic heterocycles. The Balaban J connectivity index is 1.04. The lowest BCUT2D eigenvalue weighted by molar-refractivity contribution is -0.156. The number of aryl methyl sites for hydroxylation is 1. The quantitative estimate of drug-likeness (QED) is 0.0160. The Hall–Kier alpha value is -9.36. The number of nitrogens with two attached hydrogens (primary N) is 1. The largest absolute Gasteiger partial charge is 0.480 e. The van der Waals surface area contributed by atoms with Crippen molar-refractivity contribution in [1.82, 2.24) is 30.7 Å². The predicted molar refractivity (Wildman–Crippen MR) is 371 cm³/mol. The van der Waals surface area contributed by atoms with Gasteiger partial charge in [-0.1, -0.05) is 206 Å². The van der Waals surface area contributed by atoms with E-state index in [-0.39, 0.29) is 31.6 Å². The van der Waals surface area contributed by atoms with Gasteiger partial charge >= 0.3 is 18.0 Å². The average Bonchev–Trinajstić information content (AvgIpc) is 0.841. The van der Waals surface area contributed by atoms with Crippen LogP contribution < -0.4 is 27.0 Å². The van der Waals surface area contributed by atoms with Gasteiger partial charge in [0.05, 0.1) is 28.3 Å². The summed E-state index contributed by atoms with van der Waals surface area (Å²) in [6, 6.07) is 58.2. The monoisotopic (exact) mass is 1300 g/mol. The maximum Gasteiger partial charge on any atom is 0.419 e. The van der Waals surface area contributed by atoms with Crippen molar-refractivity contribution in [2.24, 2.45) is 5.73 Å². The van der Waals surface area contributed by atoms with Crippen molar-refractivity contribution in [3.05, 3.63) is 251 Å². The number of aliphatic carboxylic acids is 1. The second-order valence-electron chi connectivity index (χ2n) is 26.2. The van der Waals surface area contributed by atoms with Crippen LogP contribution in [0.5, 0.6) is 0 Å². The summed E-state index contributed by atoms with van der Waals surface area (Å²) in [4.78, 5) is 103. The van der Waals surface area contributed by atoms with Gasteiger partial charge in [-0.3, -0.25) is 33.9 Å². The van der Waals surface area contributed by atoms with Crippen molar-refractivity contribution < 1.29 is 48.1 Å². The number of amides is 4. The molecule has 95 heavy (non-hydrogen) atoms. The van der Waals surface area contributed by atoms with Crippen LogP contribution in [0.15, 0.2) is 206 Å². The summed E-state index contributed by atoms with van der Waals surface area (Å²) in [5.41, 5.74) is 11.9. The van der Waals surface area contributed by atoms with Gasteiger partial charge in [0.2, 0.25) is 23.6 Å². The van der Waals surface area contributed by atoms with E-state index >= 15 is 14.4 Å². The molecule has 5 atom stereocenters. The van der Waals surface area contributed by atoms with Crippen LogP contribution in [-0.2, 0) is 54.9 Å². The Bertz CT molecular complexity index is 3780. The maximum atomic E-state index is 15.8. The minimum Gasteiger partial charge on any atom is -0.480 e. The van der Waals surface area contributed by atoms with E-state index in [4.69, 9.17) is 15.2 Å². The molecule has 0 bridgehead atoms. The predicted octanol–water partition coefficient (Wildman–Crippen LogP) is 11.3. The van der Waals surface area contributed by atoms with Gasteiger partial charge in [0, 0.05) is 30.3 Å². The van der Waals surface area contributed by atoms with Crippen molar-refractivity contribution in [1.29, 1.82) is 0 Å². The Morgan fingerprint density at radius 1 is 0.579 bits per heavy atom. The normalized spacial score (nSPS) is 14.8. The average molecular weight is 1300 g/mol. The summed E-state index contributed by atoms with van der Waals surface area (Å²) >= 11 is 1.34. The molecule has 1 aromatic heterocycles. The van der Waals surface area contributed by atoms with Gasteiger partial charge in [-0.05, 0) is 126 Å². The Morgan fingerprint density at radius 3 is 1.58 bits per heavy atom. The molecular formula is C77H87N7O10S. The molecule has 17 nitrogen and oxygen atoms in total. The summed E-state index contributed by atoms with van der Waals surface area (Å²) in [5.74, 6) is -5.38. The van der Waals surface area contributed by atoms with Crippen molar-refractivity contribution in [3.63, 3.8) is 0 Å². The minimum atomic E-state index is -1.63. The highest BCUT2D eigenvalue weighted by Gasteiger charge is 2.43. The van der Waals surface area contributed by atoms with Gasteiger partial charge in [-0.15, -0.1) is 11.8 Å². The smallest absolute Gasteiger partial charge is 0.419 e. The number of thioether (sulfide) groups is 1. The summed E-state index contributed by atoms with van der Waals surface area (Å²) in [7, 11) is 0. The molecule has 496 valence electrons. The number of hydrogen-bond acceptors (Lipinski definition) is 12. The van der Waals surface area contributed by atoms with Crippen LogP contribution in [0, 0.1) is 6.92 Å². The number of carbonyl (C=O) groups excluding carboxylic acids is 6. The third kappa shape index (κ3) is 17.3. The van der Waals surface area contributed by atoms with Crippen LogP contribution >= 0.6 is 11.8 Å². The van der Waals surface area contributed by atoms with Gasteiger partial charge in [0.25, 0.3) is 0 Å². The molecule has 18 heteroatoms. The molecule has 8 aromatic rings. The number of para-hydroxylation sites is 1. The van der Waals surface area contributed by atoms with E-state index in [1.54, 1.807) is 72.0 Å². The number of esters is 1. The minimum absolute atomic E-state index is 0.0912. The number of nitrogens with one attached hydrogen (secondary N) is 4. The van der Waals surface area contributed by atoms with E-state index < -0.39 is 99.8 Å². The Kier molecular flexibility index (Phi) is 23.0. The second kappa shape index (κ2) is 31.3. The van der Waals surface area contributed by atoms with Crippen LogP contribution in [0.1, 0.15) is 125 Å². The van der Waals surface area contributed by atoms with Crippen LogP contribution in [0.25, 0.3) is 10.9 Å². The Labute approximate surface area is 560 Å². The molecule has 9 rings (SSSR count). The summed E-state index contributed by atoms with van der Waals surface area (Å²) in [6.07, 6.45) is 1.87. The van der Waals surface area contributed by atoms with E-state index in [1.807, 2.05) is 127 Å². The van der Waals surface area contributed by atoms with Crippen molar-refractivity contribution in [2.75, 3.05) is 18.8 Å². The molecular weight excluding hydrogens is 1210 g/mol. The molecule has 2 heterocycles. The second-order valence-corrected chi connectivity index (χ2v) is 27.4. The van der Waals surface area contributed by atoms with E-state index in [0.29, 0.717) is 42.3 Å². The first-order valence-electron chi connectivity index (χ1n) is 32.5. The number of aromatic nitrogens is 1. The lowest BCUT2D eigenvalue weighted by atomic mass is 9.76. The van der Waals surface area contributed by atoms with Crippen molar-refractivity contribution in [3.8, 4) is 0 Å². The topological polar surface area (TPSA) is 240 Å². The van der Waals surface area contributed by atoms with E-state index in [1.165, 1.54) is 21.2 Å². The number of unbranched alkanes of at least 4 members (excludes halogenated alkanes) is 1. The van der Waals surface area contributed by atoms with Crippen molar-refractivity contribution in [2.45, 2.75) is 145 Å². The lowest BCUT2D eigenvalue weighted by Gasteiger charge is -2.37. The fraction of sp³-hybridized carbons (Fsp3) is 0.338. The number of likely N-dealkylation sites (tertiary alicyclic amines) is 1. The lowest BCUT2D eigenvalue weighted by Crippen LogP contribution is -2.60. The third-order valence-electron chi connectivity index (χ3n) is 16.9. The van der Waals surface area contributed by atoms with Crippen LogP contribution in [-0.4, -0.2) is 116 Å². The van der Waals surface area contributed by atoms with Gasteiger partial charge in [-0.25, -0.2) is 9.59 Å². The Morgan fingerprint density at radius 2 is 1.05 bits per heavy atom. The molecule has 4 amide bonds. The van der Waals surface area contributed by atoms with Gasteiger partial charge < -0.3 is 41.2 Å². The molecule has 0 spiro atoms. The number of rotatable bonds is 27. The summed E-state index contributed by atoms with van der Waals surface area (Å²) in [6.45, 7) is 12.9. The number of fused-ring (bicyclic) bond motifs is 1. The van der Waals surface area contributed by atoms with Crippen LogP contribution in [0.3, 0.4) is 0 Å². The number of ether oxygens (including phenoxy) is 2. The van der Waals surface area contributed by atoms with E-state index in [9.17, 15) is 24.3 Å². The van der Waals surface area contributed by atoms with Gasteiger partial charge in [0.15, 0.2) is 0 Å². The van der Waals surface area contributed by atoms with E-state index in [0.717, 1.165) is 38.9 Å². The standard InChI is InChI=1S/C77H87N7O10S/c1-52-42-44-56(45-43-52)76(54-28-13-8-14-29-54,55-30-15-9-16-31-55)79-46-26-25-39-61(78)68(86)80-62(49-67(85)93-74(2,3)4)69(87)82-64(51-95-77(57-32-17-10-18-33-57,58-34-19-11-20-35-58)59-36-21-12-22-37-59)70(88)81-63(71(89)83-47-27-41-66(83)72(90)91)48-53-50-84(73(92)94-75(5,6)7)65-40-24-23-38-60(53)65/h8-24,28-38,40,42-45,50,61-64,66,79H,25-27,39,41,46-49,51,78H2,1-7H3,(H,80,86)(H,81,88)(H,82,87)(H,90,91)/t61-,62-,63-,64-,66-/m0/s1. The number of carbonyl (C=O) groups is 7. The summed E-state index contributed by atoms with van der Waals surface area (Å²) < 4.78 is 11.8. The van der Waals surface area contributed by atoms with Crippen molar-refractivity contribution >= 4 is 64.3 Å².